The topological polar surface area (TPSA) is 74.5 Å². The average molecular weight is 410 g/mol. The van der Waals surface area contributed by atoms with Crippen LogP contribution in [0.2, 0.25) is 5.15 Å². The number of pyridine rings is 1. The van der Waals surface area contributed by atoms with Gasteiger partial charge in [-0.25, -0.2) is 4.98 Å². The zero-order valence-electron chi connectivity index (χ0n) is 14.3. The Morgan fingerprint density at radius 3 is 2.79 bits per heavy atom. The fraction of sp³-hybridized carbons (Fsp3) is 0.278. The summed E-state index contributed by atoms with van der Waals surface area (Å²) in [6, 6.07) is 4.81. The van der Waals surface area contributed by atoms with E-state index < -0.39 is 23.3 Å². The number of hydrogen-bond acceptors (Lipinski definition) is 3. The van der Waals surface area contributed by atoms with Gasteiger partial charge >= 0.3 is 6.18 Å². The monoisotopic (exact) mass is 409 g/mol. The van der Waals surface area contributed by atoms with E-state index in [1.165, 1.54) is 29.7 Å². The Hall–Kier alpha value is -2.99. The number of fused-ring (bicyclic) bond motifs is 1. The van der Waals surface area contributed by atoms with Crippen LogP contribution in [-0.2, 0) is 6.18 Å². The lowest BCUT2D eigenvalue weighted by Gasteiger charge is -2.13. The standard InChI is InChI=1S/C18H12ClF3N4O2/c19-15-14(17(27)25-3-1-10(6-23)7-25)24-16-13(18(20,21)22)5-12(8-26(15)16)11-2-4-28-9-11/h2,4-5,8-10H,1,3,7H2/p+1. The van der Waals surface area contributed by atoms with E-state index in [4.69, 9.17) is 21.3 Å². The molecule has 6 nitrogen and oxygen atoms in total. The Balaban J connectivity index is 1.86. The minimum Gasteiger partial charge on any atom is -0.472 e. The number of hydrogen-bond donors (Lipinski definition) is 1. The first-order chi connectivity index (χ1) is 13.3. The zero-order chi connectivity index (χ0) is 20.1. The maximum atomic E-state index is 13.6. The van der Waals surface area contributed by atoms with E-state index in [1.54, 1.807) is 0 Å². The van der Waals surface area contributed by atoms with E-state index in [0.29, 0.717) is 18.5 Å². The highest BCUT2D eigenvalue weighted by molar-refractivity contribution is 6.33. The van der Waals surface area contributed by atoms with Crippen molar-refractivity contribution in [2.45, 2.75) is 12.6 Å². The third-order valence-corrected chi connectivity index (χ3v) is 5.06. The maximum absolute atomic E-state index is 13.6. The first kappa shape index (κ1) is 18.4. The van der Waals surface area contributed by atoms with Gasteiger partial charge in [0.05, 0.1) is 18.1 Å². The minimum absolute atomic E-state index is 0.196. The lowest BCUT2D eigenvalue weighted by molar-refractivity contribution is -0.136. The van der Waals surface area contributed by atoms with Crippen molar-refractivity contribution in [3.05, 3.63) is 47.3 Å². The second-order valence-electron chi connectivity index (χ2n) is 6.48. The average Bonchev–Trinajstić information content (AvgIpc) is 3.40. The van der Waals surface area contributed by atoms with Gasteiger partial charge in [0.15, 0.2) is 11.3 Å². The van der Waals surface area contributed by atoms with Crippen LogP contribution in [0.1, 0.15) is 22.5 Å². The summed E-state index contributed by atoms with van der Waals surface area (Å²) in [5.41, 5.74) is -1.02. The molecule has 0 radical (unpaired) electrons. The molecule has 0 saturated carbocycles. The van der Waals surface area contributed by atoms with Crippen molar-refractivity contribution in [2.24, 2.45) is 5.92 Å². The van der Waals surface area contributed by atoms with Crippen molar-refractivity contribution >= 4 is 23.2 Å². The van der Waals surface area contributed by atoms with Gasteiger partial charge in [0, 0.05) is 30.4 Å². The number of carbonyl (C=O) groups is 1. The van der Waals surface area contributed by atoms with Gasteiger partial charge in [-0.05, 0) is 18.6 Å². The van der Waals surface area contributed by atoms with Crippen LogP contribution in [-0.4, -0.2) is 33.3 Å². The van der Waals surface area contributed by atoms with E-state index in [0.717, 1.165) is 10.5 Å². The molecule has 1 amide bonds. The molecular formula is C18H13ClF3N4O2+. The number of aromatic nitrogens is 2. The Morgan fingerprint density at radius 2 is 2.18 bits per heavy atom. The van der Waals surface area contributed by atoms with Crippen molar-refractivity contribution in [1.82, 2.24) is 14.3 Å². The normalized spacial score (nSPS) is 17.2. The molecule has 1 atom stereocenters. The number of nitrogens with zero attached hydrogens (tertiary/aromatic N) is 3. The molecule has 1 fully saturated rings. The third-order valence-electron chi connectivity index (χ3n) is 4.70. The summed E-state index contributed by atoms with van der Waals surface area (Å²) in [7, 11) is 0. The number of amides is 1. The van der Waals surface area contributed by atoms with E-state index in [2.05, 4.69) is 11.1 Å². The molecule has 4 rings (SSSR count). The predicted molar refractivity (Wildman–Crippen MR) is 91.8 cm³/mol. The summed E-state index contributed by atoms with van der Waals surface area (Å²) < 4.78 is 46.9. The highest BCUT2D eigenvalue weighted by Gasteiger charge is 2.37. The molecular weight excluding hydrogens is 397 g/mol. The van der Waals surface area contributed by atoms with Crippen molar-refractivity contribution in [2.75, 3.05) is 13.1 Å². The smallest absolute Gasteiger partial charge is 0.420 e. The summed E-state index contributed by atoms with van der Waals surface area (Å²) in [5.74, 6) is -0.761. The first-order valence-electron chi connectivity index (χ1n) is 8.32. The molecule has 28 heavy (non-hydrogen) atoms. The molecule has 0 aromatic carbocycles. The number of likely N-dealkylation sites (tertiary alicyclic amines) is 1. The summed E-state index contributed by atoms with van der Waals surface area (Å²) in [6.45, 7) is 0.630. The first-order valence-corrected chi connectivity index (χ1v) is 8.70. The minimum atomic E-state index is -4.69. The van der Waals surface area contributed by atoms with Crippen LogP contribution < -0.4 is 5.26 Å². The van der Waals surface area contributed by atoms with Crippen LogP contribution in [0.4, 0.5) is 13.2 Å². The van der Waals surface area contributed by atoms with Gasteiger partial charge in [-0.3, -0.25) is 9.20 Å². The van der Waals surface area contributed by atoms with E-state index in [1.807, 2.05) is 0 Å². The van der Waals surface area contributed by atoms with Gasteiger partial charge in [-0.2, -0.15) is 13.2 Å². The molecule has 3 aromatic heterocycles. The number of halogens is 4. The number of rotatable bonds is 2. The highest BCUT2D eigenvalue weighted by atomic mass is 35.5. The van der Waals surface area contributed by atoms with Gasteiger partial charge in [-0.1, -0.05) is 11.6 Å². The van der Waals surface area contributed by atoms with Gasteiger partial charge in [0.25, 0.3) is 12.0 Å². The summed E-state index contributed by atoms with van der Waals surface area (Å²) in [6.07, 6.45) is -0.0694. The molecule has 10 heteroatoms. The van der Waals surface area contributed by atoms with Crippen LogP contribution in [0.5, 0.6) is 0 Å². The second kappa shape index (κ2) is 6.56. The summed E-state index contributed by atoms with van der Waals surface area (Å²) in [4.78, 5) is 18.1. The van der Waals surface area contributed by atoms with E-state index in [9.17, 15) is 18.0 Å². The molecule has 0 aliphatic carbocycles. The zero-order valence-corrected chi connectivity index (χ0v) is 15.0. The van der Waals surface area contributed by atoms with Crippen molar-refractivity contribution in [3.8, 4) is 17.2 Å². The van der Waals surface area contributed by atoms with Crippen molar-refractivity contribution in [1.29, 1.82) is 0 Å². The van der Waals surface area contributed by atoms with Crippen LogP contribution in [0.3, 0.4) is 0 Å². The van der Waals surface area contributed by atoms with Crippen LogP contribution in [0.15, 0.2) is 35.3 Å². The SMILES string of the molecule is [NH+]#CC1CCN(C(=O)c2nc3c(C(F)(F)F)cc(-c4ccoc4)cn3c2Cl)C1. The Bertz CT molecular complexity index is 1100. The molecule has 1 saturated heterocycles. The number of nitrogens with one attached hydrogen (secondary N) is 1. The van der Waals surface area contributed by atoms with Crippen molar-refractivity contribution < 1.29 is 27.6 Å². The summed E-state index contributed by atoms with van der Waals surface area (Å²) >= 11 is 6.27. The van der Waals surface area contributed by atoms with Crippen molar-refractivity contribution in [3.63, 3.8) is 0 Å². The highest BCUT2D eigenvalue weighted by Crippen LogP contribution is 2.37. The van der Waals surface area contributed by atoms with Gasteiger partial charge in [0.1, 0.15) is 11.1 Å². The van der Waals surface area contributed by atoms with Crippen LogP contribution in [0, 0.1) is 12.0 Å². The fourth-order valence-corrected chi connectivity index (χ4v) is 3.51. The fourth-order valence-electron chi connectivity index (χ4n) is 3.26. The predicted octanol–water partition coefficient (Wildman–Crippen LogP) is 2.50. The molecule has 1 aliphatic rings. The maximum Gasteiger partial charge on any atom is 0.420 e. The van der Waals surface area contributed by atoms with E-state index >= 15 is 0 Å². The molecule has 0 bridgehead atoms. The van der Waals surface area contributed by atoms with Crippen LogP contribution >= 0.6 is 11.6 Å². The Labute approximate surface area is 161 Å². The Kier molecular flexibility index (Phi) is 4.31. The van der Waals surface area contributed by atoms with Crippen LogP contribution in [0.25, 0.3) is 16.8 Å². The lowest BCUT2D eigenvalue weighted by atomic mass is 10.1. The lowest BCUT2D eigenvalue weighted by Crippen LogP contribution is -2.30. The molecule has 0 spiro atoms. The molecule has 144 valence electrons. The number of carbonyl (C=O) groups excluding carboxylic acids is 1. The van der Waals surface area contributed by atoms with Gasteiger partial charge < -0.3 is 9.32 Å². The quantitative estimate of drug-likeness (QED) is 0.706. The number of imidazole rings is 1. The van der Waals surface area contributed by atoms with E-state index in [-0.39, 0.29) is 28.9 Å². The summed E-state index contributed by atoms with van der Waals surface area (Å²) in [5, 5.41) is 6.99. The van der Waals surface area contributed by atoms with Gasteiger partial charge in [-0.15, -0.1) is 5.26 Å². The largest absolute Gasteiger partial charge is 0.472 e. The third kappa shape index (κ3) is 2.99. The second-order valence-corrected chi connectivity index (χ2v) is 6.84. The van der Waals surface area contributed by atoms with Gasteiger partial charge in [0.2, 0.25) is 0 Å². The number of furan rings is 1. The Morgan fingerprint density at radius 1 is 1.39 bits per heavy atom. The molecule has 4 heterocycles. The molecule has 1 aliphatic heterocycles. The number of alkyl halides is 3. The molecule has 3 aromatic rings. The molecule has 1 N–H and O–H groups in total. The molecule has 1 unspecified atom stereocenters.